The molecule has 0 saturated heterocycles. The van der Waals surface area contributed by atoms with Crippen molar-refractivity contribution in [1.82, 2.24) is 9.97 Å². The number of anilines is 1. The number of rotatable bonds is 7. The van der Waals surface area contributed by atoms with Gasteiger partial charge in [-0.15, -0.1) is 11.3 Å². The zero-order valence-electron chi connectivity index (χ0n) is 14.0. The molecule has 2 atom stereocenters. The van der Waals surface area contributed by atoms with Gasteiger partial charge < -0.3 is 15.5 Å². The standard InChI is InChI=1S/C17H18N4O4S/c1-2-12-7-13-16(18-9-19-17(13)26-12)20-14(8-22)15(23)10-3-5-11(6-4-10)21(24)25/h3-7,9,14-15,22-23H,2,8H2,1H3,(H,18,19,20)/t14-,15-/m0/s1. The van der Waals surface area contributed by atoms with Crippen LogP contribution < -0.4 is 5.32 Å². The third kappa shape index (κ3) is 3.64. The van der Waals surface area contributed by atoms with E-state index in [1.807, 2.05) is 6.07 Å². The summed E-state index contributed by atoms with van der Waals surface area (Å²) in [6, 6.07) is 6.87. The number of aliphatic hydroxyl groups is 2. The fourth-order valence-corrected chi connectivity index (χ4v) is 3.56. The quantitative estimate of drug-likeness (QED) is 0.429. The fourth-order valence-electron chi connectivity index (χ4n) is 2.62. The van der Waals surface area contributed by atoms with Crippen molar-refractivity contribution in [2.45, 2.75) is 25.5 Å². The summed E-state index contributed by atoms with van der Waals surface area (Å²) in [5.74, 6) is 0.533. The molecule has 8 nitrogen and oxygen atoms in total. The minimum absolute atomic E-state index is 0.0580. The zero-order chi connectivity index (χ0) is 18.7. The number of nitrogens with one attached hydrogen (secondary N) is 1. The Morgan fingerprint density at radius 3 is 2.65 bits per heavy atom. The average Bonchev–Trinajstić information content (AvgIpc) is 3.09. The normalized spacial score (nSPS) is 13.5. The van der Waals surface area contributed by atoms with Crippen LogP contribution in [0.3, 0.4) is 0 Å². The van der Waals surface area contributed by atoms with Crippen molar-refractivity contribution in [2.75, 3.05) is 11.9 Å². The highest BCUT2D eigenvalue weighted by Crippen LogP contribution is 2.30. The summed E-state index contributed by atoms with van der Waals surface area (Å²) in [5, 5.41) is 34.9. The third-order valence-corrected chi connectivity index (χ3v) is 5.26. The van der Waals surface area contributed by atoms with Gasteiger partial charge in [-0.2, -0.15) is 0 Å². The first-order valence-corrected chi connectivity index (χ1v) is 8.88. The summed E-state index contributed by atoms with van der Waals surface area (Å²) in [6.07, 6.45) is 1.26. The van der Waals surface area contributed by atoms with E-state index in [9.17, 15) is 20.3 Å². The first-order valence-electron chi connectivity index (χ1n) is 8.06. The van der Waals surface area contributed by atoms with Crippen LogP contribution in [0.15, 0.2) is 36.7 Å². The molecule has 0 aliphatic rings. The van der Waals surface area contributed by atoms with Crippen LogP contribution in [0.25, 0.3) is 10.2 Å². The van der Waals surface area contributed by atoms with Crippen molar-refractivity contribution in [1.29, 1.82) is 0 Å². The fraction of sp³-hybridized carbons (Fsp3) is 0.294. The van der Waals surface area contributed by atoms with Crippen molar-refractivity contribution in [3.05, 3.63) is 57.2 Å². The molecular weight excluding hydrogens is 356 g/mol. The van der Waals surface area contributed by atoms with E-state index in [0.717, 1.165) is 16.6 Å². The lowest BCUT2D eigenvalue weighted by atomic mass is 10.0. The number of hydrogen-bond donors (Lipinski definition) is 3. The highest BCUT2D eigenvalue weighted by molar-refractivity contribution is 7.18. The largest absolute Gasteiger partial charge is 0.394 e. The van der Waals surface area contributed by atoms with Crippen LogP contribution in [0.1, 0.15) is 23.5 Å². The molecule has 9 heteroatoms. The minimum atomic E-state index is -1.06. The van der Waals surface area contributed by atoms with Crippen LogP contribution in [-0.4, -0.2) is 37.8 Å². The Balaban J connectivity index is 1.85. The molecule has 0 saturated carbocycles. The lowest BCUT2D eigenvalue weighted by Crippen LogP contribution is -2.31. The van der Waals surface area contributed by atoms with Gasteiger partial charge in [0.2, 0.25) is 0 Å². The Labute approximate surface area is 153 Å². The van der Waals surface area contributed by atoms with E-state index in [2.05, 4.69) is 22.2 Å². The van der Waals surface area contributed by atoms with Gasteiger partial charge in [0, 0.05) is 17.0 Å². The molecule has 0 spiro atoms. The molecule has 136 valence electrons. The number of nitro groups is 1. The molecule has 1 aromatic carbocycles. The molecule has 2 heterocycles. The van der Waals surface area contributed by atoms with Crippen LogP contribution in [0.5, 0.6) is 0 Å². The maximum absolute atomic E-state index is 10.7. The Bertz CT molecular complexity index is 913. The van der Waals surface area contributed by atoms with Gasteiger partial charge in [-0.1, -0.05) is 6.92 Å². The van der Waals surface area contributed by atoms with Gasteiger partial charge in [-0.25, -0.2) is 9.97 Å². The molecule has 0 amide bonds. The van der Waals surface area contributed by atoms with E-state index in [1.165, 1.54) is 35.5 Å². The topological polar surface area (TPSA) is 121 Å². The number of hydrogen-bond acceptors (Lipinski definition) is 8. The predicted octanol–water partition coefficient (Wildman–Crippen LogP) is 2.67. The first kappa shape index (κ1) is 18.2. The van der Waals surface area contributed by atoms with Crippen LogP contribution >= 0.6 is 11.3 Å². The number of aryl methyl sites for hydroxylation is 1. The summed E-state index contributed by atoms with van der Waals surface area (Å²) >= 11 is 1.58. The smallest absolute Gasteiger partial charge is 0.269 e. The van der Waals surface area contributed by atoms with Gasteiger partial charge in [0.1, 0.15) is 23.1 Å². The van der Waals surface area contributed by atoms with Gasteiger partial charge in [-0.05, 0) is 30.2 Å². The number of nitrogens with zero attached hydrogens (tertiary/aromatic N) is 3. The highest BCUT2D eigenvalue weighted by atomic mass is 32.1. The lowest BCUT2D eigenvalue weighted by molar-refractivity contribution is -0.384. The number of nitro benzene ring substituents is 1. The number of thiophene rings is 1. The molecule has 0 bridgehead atoms. The van der Waals surface area contributed by atoms with E-state index in [4.69, 9.17) is 0 Å². The molecule has 0 aliphatic carbocycles. The van der Waals surface area contributed by atoms with E-state index in [-0.39, 0.29) is 12.3 Å². The highest BCUT2D eigenvalue weighted by Gasteiger charge is 2.22. The van der Waals surface area contributed by atoms with Crippen molar-refractivity contribution in [3.63, 3.8) is 0 Å². The van der Waals surface area contributed by atoms with Crippen LogP contribution in [-0.2, 0) is 6.42 Å². The van der Waals surface area contributed by atoms with E-state index in [0.29, 0.717) is 11.4 Å². The predicted molar refractivity (Wildman–Crippen MR) is 99.3 cm³/mol. The summed E-state index contributed by atoms with van der Waals surface area (Å²) in [4.78, 5) is 20.7. The van der Waals surface area contributed by atoms with Crippen LogP contribution in [0, 0.1) is 10.1 Å². The number of non-ortho nitro benzene ring substituents is 1. The third-order valence-electron chi connectivity index (χ3n) is 4.07. The average molecular weight is 374 g/mol. The molecule has 0 unspecified atom stereocenters. The Hall–Kier alpha value is -2.62. The Kier molecular flexibility index (Phi) is 5.40. The van der Waals surface area contributed by atoms with Crippen molar-refractivity contribution in [2.24, 2.45) is 0 Å². The summed E-state index contributed by atoms with van der Waals surface area (Å²) in [5.41, 5.74) is 0.407. The van der Waals surface area contributed by atoms with Gasteiger partial charge >= 0.3 is 0 Å². The molecule has 26 heavy (non-hydrogen) atoms. The Morgan fingerprint density at radius 1 is 1.31 bits per heavy atom. The molecule has 0 fully saturated rings. The van der Waals surface area contributed by atoms with Crippen molar-refractivity contribution < 1.29 is 15.1 Å². The van der Waals surface area contributed by atoms with E-state index in [1.54, 1.807) is 11.3 Å². The molecule has 3 aromatic rings. The number of benzene rings is 1. The maximum atomic E-state index is 10.7. The molecule has 3 N–H and O–H groups in total. The number of aliphatic hydroxyl groups excluding tert-OH is 2. The molecule has 0 aliphatic heterocycles. The van der Waals surface area contributed by atoms with Crippen LogP contribution in [0.4, 0.5) is 11.5 Å². The van der Waals surface area contributed by atoms with Crippen molar-refractivity contribution in [3.8, 4) is 0 Å². The summed E-state index contributed by atoms with van der Waals surface area (Å²) in [6.45, 7) is 1.72. The van der Waals surface area contributed by atoms with Gasteiger partial charge in [0.25, 0.3) is 5.69 Å². The Morgan fingerprint density at radius 2 is 2.04 bits per heavy atom. The molecule has 3 rings (SSSR count). The van der Waals surface area contributed by atoms with Gasteiger partial charge in [0.05, 0.1) is 23.0 Å². The zero-order valence-corrected chi connectivity index (χ0v) is 14.8. The molecular formula is C17H18N4O4S. The lowest BCUT2D eigenvalue weighted by Gasteiger charge is -2.23. The van der Waals surface area contributed by atoms with E-state index < -0.39 is 17.1 Å². The van der Waals surface area contributed by atoms with E-state index >= 15 is 0 Å². The second-order valence-corrected chi connectivity index (χ2v) is 6.85. The SMILES string of the molecule is CCc1cc2c(N[C@@H](CO)[C@@H](O)c3ccc([N+](=O)[O-])cc3)ncnc2s1. The second kappa shape index (κ2) is 7.73. The number of fused-ring (bicyclic) bond motifs is 1. The van der Waals surface area contributed by atoms with Crippen molar-refractivity contribution >= 4 is 33.1 Å². The maximum Gasteiger partial charge on any atom is 0.269 e. The molecule has 2 aromatic heterocycles. The summed E-state index contributed by atoms with van der Waals surface area (Å²) in [7, 11) is 0. The first-order chi connectivity index (χ1) is 12.5. The summed E-state index contributed by atoms with van der Waals surface area (Å²) < 4.78 is 0. The number of aromatic nitrogens is 2. The monoisotopic (exact) mass is 374 g/mol. The second-order valence-electron chi connectivity index (χ2n) is 5.73. The van der Waals surface area contributed by atoms with Gasteiger partial charge in [-0.3, -0.25) is 10.1 Å². The van der Waals surface area contributed by atoms with Crippen LogP contribution in [0.2, 0.25) is 0 Å². The molecule has 0 radical (unpaired) electrons. The minimum Gasteiger partial charge on any atom is -0.394 e. The van der Waals surface area contributed by atoms with Gasteiger partial charge in [0.15, 0.2) is 0 Å².